The van der Waals surface area contributed by atoms with E-state index in [1.807, 2.05) is 13.8 Å². The van der Waals surface area contributed by atoms with Gasteiger partial charge in [0.05, 0.1) is 10.9 Å². The van der Waals surface area contributed by atoms with Crippen LogP contribution in [-0.4, -0.2) is 38.9 Å². The van der Waals surface area contributed by atoms with E-state index in [1.165, 1.54) is 12.1 Å². The molecule has 3 N–H and O–H groups in total. The van der Waals surface area contributed by atoms with Crippen molar-refractivity contribution < 1.29 is 13.2 Å². The van der Waals surface area contributed by atoms with Crippen LogP contribution in [0.15, 0.2) is 29.2 Å². The van der Waals surface area contributed by atoms with E-state index in [4.69, 9.17) is 5.14 Å². The Morgan fingerprint density at radius 3 is 2.52 bits per heavy atom. The van der Waals surface area contributed by atoms with Gasteiger partial charge in [-0.05, 0) is 38.5 Å². The first-order valence-electron chi connectivity index (χ1n) is 6.80. The number of benzene rings is 1. The van der Waals surface area contributed by atoms with Crippen LogP contribution in [0, 0.1) is 0 Å². The fourth-order valence-electron chi connectivity index (χ4n) is 1.99. The number of amides is 1. The lowest BCUT2D eigenvalue weighted by molar-refractivity contribution is -0.131. The zero-order chi connectivity index (χ0) is 16.2. The number of carbonyl (C=O) groups is 1. The molecule has 7 heteroatoms. The molecule has 0 heterocycles. The molecule has 2 unspecified atom stereocenters. The number of nitrogens with two attached hydrogens (primary N) is 1. The van der Waals surface area contributed by atoms with Crippen LogP contribution in [0.4, 0.5) is 0 Å². The Kier molecular flexibility index (Phi) is 5.88. The van der Waals surface area contributed by atoms with E-state index in [0.29, 0.717) is 6.54 Å². The minimum atomic E-state index is -3.72. The third-order valence-electron chi connectivity index (χ3n) is 3.41. The summed E-state index contributed by atoms with van der Waals surface area (Å²) in [5.41, 5.74) is 0.764. The minimum Gasteiger partial charge on any atom is -0.345 e. The van der Waals surface area contributed by atoms with Gasteiger partial charge in [-0.2, -0.15) is 0 Å². The summed E-state index contributed by atoms with van der Waals surface area (Å²) in [4.78, 5) is 13.7. The minimum absolute atomic E-state index is 0.00745. The van der Waals surface area contributed by atoms with Gasteiger partial charge in [-0.25, -0.2) is 13.6 Å². The normalized spacial score (nSPS) is 14.5. The highest BCUT2D eigenvalue weighted by molar-refractivity contribution is 7.89. The number of rotatable bonds is 6. The van der Waals surface area contributed by atoms with Crippen LogP contribution < -0.4 is 10.5 Å². The molecule has 0 aliphatic rings. The van der Waals surface area contributed by atoms with Crippen molar-refractivity contribution in [1.29, 1.82) is 0 Å². The van der Waals surface area contributed by atoms with Gasteiger partial charge in [-0.3, -0.25) is 10.1 Å². The second-order valence-electron chi connectivity index (χ2n) is 5.08. The highest BCUT2D eigenvalue weighted by Gasteiger charge is 2.19. The largest absolute Gasteiger partial charge is 0.345 e. The van der Waals surface area contributed by atoms with Crippen molar-refractivity contribution in [2.75, 3.05) is 13.6 Å². The zero-order valence-electron chi connectivity index (χ0n) is 12.8. The first kappa shape index (κ1) is 17.6. The number of primary sulfonamides is 1. The highest BCUT2D eigenvalue weighted by Crippen LogP contribution is 2.17. The van der Waals surface area contributed by atoms with E-state index in [-0.39, 0.29) is 22.9 Å². The molecule has 1 aromatic rings. The maximum atomic E-state index is 12.0. The van der Waals surface area contributed by atoms with Crippen molar-refractivity contribution in [3.63, 3.8) is 0 Å². The van der Waals surface area contributed by atoms with E-state index < -0.39 is 10.0 Å². The van der Waals surface area contributed by atoms with Crippen molar-refractivity contribution >= 4 is 15.9 Å². The molecule has 1 aromatic carbocycles. The second kappa shape index (κ2) is 7.02. The van der Waals surface area contributed by atoms with Crippen LogP contribution >= 0.6 is 0 Å². The fourth-order valence-corrected chi connectivity index (χ4v) is 2.56. The summed E-state index contributed by atoms with van der Waals surface area (Å²) in [6.07, 6.45) is 0. The van der Waals surface area contributed by atoms with Crippen LogP contribution in [0.3, 0.4) is 0 Å². The number of nitrogens with one attached hydrogen (secondary N) is 1. The molecule has 118 valence electrons. The van der Waals surface area contributed by atoms with Crippen LogP contribution in [0.25, 0.3) is 0 Å². The summed E-state index contributed by atoms with van der Waals surface area (Å²) in [5.74, 6) is -0.00745. The zero-order valence-corrected chi connectivity index (χ0v) is 13.6. The quantitative estimate of drug-likeness (QED) is 0.814. The van der Waals surface area contributed by atoms with Gasteiger partial charge < -0.3 is 4.90 Å². The average Bonchev–Trinajstić information content (AvgIpc) is 2.44. The number of carbonyl (C=O) groups excluding carboxylic acids is 1. The van der Waals surface area contributed by atoms with Gasteiger partial charge in [0.2, 0.25) is 15.9 Å². The van der Waals surface area contributed by atoms with Gasteiger partial charge in [-0.1, -0.05) is 12.1 Å². The molecule has 0 fully saturated rings. The van der Waals surface area contributed by atoms with Gasteiger partial charge in [-0.15, -0.1) is 0 Å². The lowest BCUT2D eigenvalue weighted by atomic mass is 10.1. The summed E-state index contributed by atoms with van der Waals surface area (Å²) in [6, 6.07) is 5.88. The van der Waals surface area contributed by atoms with Gasteiger partial charge >= 0.3 is 0 Å². The first-order chi connectivity index (χ1) is 9.66. The van der Waals surface area contributed by atoms with E-state index >= 15 is 0 Å². The van der Waals surface area contributed by atoms with E-state index in [0.717, 1.165) is 5.56 Å². The molecule has 0 radical (unpaired) electrons. The Morgan fingerprint density at radius 1 is 1.38 bits per heavy atom. The fraction of sp³-hybridized carbons (Fsp3) is 0.500. The molecular formula is C14H23N3O3S. The third-order valence-corrected chi connectivity index (χ3v) is 4.32. The summed E-state index contributed by atoms with van der Waals surface area (Å²) < 4.78 is 22.7. The Bertz CT molecular complexity index is 601. The molecule has 21 heavy (non-hydrogen) atoms. The number of hydrogen-bond donors (Lipinski definition) is 2. The monoisotopic (exact) mass is 313 g/mol. The SMILES string of the molecule is CCN(C)C(=O)C(C)NC(C)c1cccc(S(N)(=O)=O)c1. The Hall–Kier alpha value is -1.44. The predicted octanol–water partition coefficient (Wildman–Crippen LogP) is 0.851. The molecule has 0 saturated heterocycles. The Labute approximate surface area is 126 Å². The topological polar surface area (TPSA) is 92.5 Å². The van der Waals surface area contributed by atoms with Crippen molar-refractivity contribution in [3.8, 4) is 0 Å². The summed E-state index contributed by atoms with van der Waals surface area (Å²) in [7, 11) is -1.98. The lowest BCUT2D eigenvalue weighted by Gasteiger charge is -2.24. The molecule has 0 saturated carbocycles. The number of hydrogen-bond acceptors (Lipinski definition) is 4. The van der Waals surface area contributed by atoms with Crippen LogP contribution in [0.1, 0.15) is 32.4 Å². The van der Waals surface area contributed by atoms with Crippen molar-refractivity contribution in [1.82, 2.24) is 10.2 Å². The molecule has 0 spiro atoms. The third kappa shape index (κ3) is 4.80. The van der Waals surface area contributed by atoms with Gasteiger partial charge in [0.15, 0.2) is 0 Å². The smallest absolute Gasteiger partial charge is 0.239 e. The van der Waals surface area contributed by atoms with Crippen molar-refractivity contribution in [2.45, 2.75) is 37.8 Å². The molecule has 0 aliphatic carbocycles. The molecular weight excluding hydrogens is 290 g/mol. The van der Waals surface area contributed by atoms with Crippen LogP contribution in [-0.2, 0) is 14.8 Å². The molecule has 6 nitrogen and oxygen atoms in total. The Morgan fingerprint density at radius 2 is 2.00 bits per heavy atom. The number of nitrogens with zero attached hydrogens (tertiary/aromatic N) is 1. The molecule has 0 aromatic heterocycles. The summed E-state index contributed by atoms with van der Waals surface area (Å²) in [5, 5.41) is 8.29. The molecule has 1 amide bonds. The van der Waals surface area contributed by atoms with E-state index in [2.05, 4.69) is 5.32 Å². The highest BCUT2D eigenvalue weighted by atomic mass is 32.2. The maximum Gasteiger partial charge on any atom is 0.239 e. The first-order valence-corrected chi connectivity index (χ1v) is 8.35. The summed E-state index contributed by atoms with van der Waals surface area (Å²) in [6.45, 7) is 6.20. The van der Waals surface area contributed by atoms with E-state index in [9.17, 15) is 13.2 Å². The summed E-state index contributed by atoms with van der Waals surface area (Å²) >= 11 is 0. The molecule has 2 atom stereocenters. The Balaban J connectivity index is 2.85. The molecule has 1 rings (SSSR count). The van der Waals surface area contributed by atoms with Crippen molar-refractivity contribution in [3.05, 3.63) is 29.8 Å². The molecule has 0 bridgehead atoms. The van der Waals surface area contributed by atoms with Crippen LogP contribution in [0.5, 0.6) is 0 Å². The second-order valence-corrected chi connectivity index (χ2v) is 6.64. The van der Waals surface area contributed by atoms with Crippen LogP contribution in [0.2, 0.25) is 0 Å². The lowest BCUT2D eigenvalue weighted by Crippen LogP contribution is -2.43. The van der Waals surface area contributed by atoms with E-state index in [1.54, 1.807) is 31.0 Å². The maximum absolute atomic E-state index is 12.0. The number of sulfonamides is 1. The van der Waals surface area contributed by atoms with Gasteiger partial charge in [0.1, 0.15) is 0 Å². The van der Waals surface area contributed by atoms with Gasteiger partial charge in [0, 0.05) is 19.6 Å². The van der Waals surface area contributed by atoms with Crippen molar-refractivity contribution in [2.24, 2.45) is 5.14 Å². The average molecular weight is 313 g/mol. The molecule has 0 aliphatic heterocycles. The predicted molar refractivity (Wildman–Crippen MR) is 82.1 cm³/mol. The van der Waals surface area contributed by atoms with Gasteiger partial charge in [0.25, 0.3) is 0 Å². The number of likely N-dealkylation sites (N-methyl/N-ethyl adjacent to an activating group) is 1. The standard InChI is InChI=1S/C14H23N3O3S/c1-5-17(4)14(18)11(3)16-10(2)12-7-6-8-13(9-12)21(15,19)20/h6-11,16H,5H2,1-4H3,(H2,15,19,20).